The van der Waals surface area contributed by atoms with Gasteiger partial charge < -0.3 is 15.8 Å². The van der Waals surface area contributed by atoms with Gasteiger partial charge in [-0.1, -0.05) is 12.2 Å². The molecule has 0 aliphatic heterocycles. The molecule has 5 heteroatoms. The Morgan fingerprint density at radius 1 is 1.44 bits per heavy atom. The van der Waals surface area contributed by atoms with Crippen molar-refractivity contribution in [3.05, 3.63) is 0 Å². The van der Waals surface area contributed by atoms with Crippen molar-refractivity contribution in [1.82, 2.24) is 5.32 Å². The number of hydrogen-bond acceptors (Lipinski definition) is 3. The molecule has 92 valence electrons. The summed E-state index contributed by atoms with van der Waals surface area (Å²) in [4.78, 5) is 12.0. The van der Waals surface area contributed by atoms with Crippen molar-refractivity contribution < 1.29 is 9.53 Å². The van der Waals surface area contributed by atoms with E-state index in [4.69, 9.17) is 22.7 Å². The van der Waals surface area contributed by atoms with Crippen molar-refractivity contribution in [3.63, 3.8) is 0 Å². The Labute approximate surface area is 102 Å². The first-order valence-corrected chi connectivity index (χ1v) is 5.97. The van der Waals surface area contributed by atoms with Crippen LogP contribution in [0.1, 0.15) is 40.0 Å². The van der Waals surface area contributed by atoms with Gasteiger partial charge in [0, 0.05) is 12.0 Å². The van der Waals surface area contributed by atoms with E-state index in [0.717, 1.165) is 19.3 Å². The van der Waals surface area contributed by atoms with Gasteiger partial charge in [0.05, 0.1) is 4.99 Å². The van der Waals surface area contributed by atoms with E-state index in [2.05, 4.69) is 5.32 Å². The minimum atomic E-state index is -0.453. The molecule has 0 radical (unpaired) electrons. The lowest BCUT2D eigenvalue weighted by Gasteiger charge is -2.21. The van der Waals surface area contributed by atoms with Crippen LogP contribution >= 0.6 is 12.2 Å². The summed E-state index contributed by atoms with van der Waals surface area (Å²) in [5.74, 6) is 0.259. The molecular formula is C11H20N2O2S. The molecule has 0 unspecified atom stereocenters. The normalized spacial score (nSPS) is 25.2. The summed E-state index contributed by atoms with van der Waals surface area (Å²) in [7, 11) is 0. The molecule has 1 saturated carbocycles. The van der Waals surface area contributed by atoms with E-state index < -0.39 is 5.60 Å². The van der Waals surface area contributed by atoms with Crippen molar-refractivity contribution in [1.29, 1.82) is 0 Å². The van der Waals surface area contributed by atoms with E-state index in [0.29, 0.717) is 4.99 Å². The second-order valence-electron chi connectivity index (χ2n) is 5.26. The lowest BCUT2D eigenvalue weighted by atomic mass is 10.1. The topological polar surface area (TPSA) is 64.3 Å². The SMILES string of the molecule is CC(C)(C)OC(=O)N[C@@H]1CC[C@H](C(N)=S)C1. The Balaban J connectivity index is 2.34. The van der Waals surface area contributed by atoms with Crippen LogP contribution in [0.2, 0.25) is 0 Å². The van der Waals surface area contributed by atoms with Crippen molar-refractivity contribution in [2.45, 2.75) is 51.7 Å². The van der Waals surface area contributed by atoms with E-state index in [1.807, 2.05) is 20.8 Å². The maximum atomic E-state index is 11.5. The summed E-state index contributed by atoms with van der Waals surface area (Å²) < 4.78 is 5.18. The van der Waals surface area contributed by atoms with E-state index >= 15 is 0 Å². The molecule has 0 heterocycles. The highest BCUT2D eigenvalue weighted by molar-refractivity contribution is 7.80. The Morgan fingerprint density at radius 2 is 2.06 bits per heavy atom. The molecule has 1 fully saturated rings. The van der Waals surface area contributed by atoms with E-state index in [9.17, 15) is 4.79 Å². The molecule has 0 aromatic heterocycles. The highest BCUT2D eigenvalue weighted by atomic mass is 32.1. The molecule has 0 bridgehead atoms. The maximum absolute atomic E-state index is 11.5. The summed E-state index contributed by atoms with van der Waals surface area (Å²) >= 11 is 4.94. The fourth-order valence-electron chi connectivity index (χ4n) is 1.85. The standard InChI is InChI=1S/C11H20N2O2S/c1-11(2,3)15-10(14)13-8-5-4-7(6-8)9(12)16/h7-8H,4-6H2,1-3H3,(H2,12,16)(H,13,14)/t7-,8+/m0/s1. The summed E-state index contributed by atoms with van der Waals surface area (Å²) in [6.45, 7) is 5.54. The maximum Gasteiger partial charge on any atom is 0.407 e. The number of ether oxygens (including phenoxy) is 1. The number of nitrogens with one attached hydrogen (secondary N) is 1. The van der Waals surface area contributed by atoms with Crippen LogP contribution in [0.5, 0.6) is 0 Å². The third kappa shape index (κ3) is 4.35. The predicted octanol–water partition coefficient (Wildman–Crippen LogP) is 1.97. The number of thiocarbonyl (C=S) groups is 1. The Bertz CT molecular complexity index is 286. The van der Waals surface area contributed by atoms with Gasteiger partial charge in [0.15, 0.2) is 0 Å². The van der Waals surface area contributed by atoms with Crippen molar-refractivity contribution in [2.75, 3.05) is 0 Å². The largest absolute Gasteiger partial charge is 0.444 e. The Kier molecular flexibility index (Phi) is 4.13. The number of amides is 1. The third-order valence-electron chi connectivity index (χ3n) is 2.56. The van der Waals surface area contributed by atoms with Crippen LogP contribution in [0.25, 0.3) is 0 Å². The van der Waals surface area contributed by atoms with Gasteiger partial charge in [-0.2, -0.15) is 0 Å². The molecule has 1 amide bonds. The van der Waals surface area contributed by atoms with E-state index in [1.54, 1.807) is 0 Å². The molecule has 16 heavy (non-hydrogen) atoms. The molecule has 1 rings (SSSR count). The first kappa shape index (κ1) is 13.2. The predicted molar refractivity (Wildman–Crippen MR) is 67.3 cm³/mol. The number of rotatable bonds is 2. The van der Waals surface area contributed by atoms with Gasteiger partial charge in [-0.05, 0) is 40.0 Å². The van der Waals surface area contributed by atoms with Crippen LogP contribution in [0.15, 0.2) is 0 Å². The monoisotopic (exact) mass is 244 g/mol. The van der Waals surface area contributed by atoms with Crippen molar-refractivity contribution >= 4 is 23.3 Å². The summed E-state index contributed by atoms with van der Waals surface area (Å²) in [6, 6.07) is 0.140. The zero-order valence-corrected chi connectivity index (χ0v) is 10.9. The van der Waals surface area contributed by atoms with Gasteiger partial charge in [0.25, 0.3) is 0 Å². The van der Waals surface area contributed by atoms with Gasteiger partial charge in [-0.25, -0.2) is 4.79 Å². The molecule has 1 aliphatic carbocycles. The zero-order chi connectivity index (χ0) is 12.3. The second kappa shape index (κ2) is 4.99. The smallest absolute Gasteiger partial charge is 0.407 e. The lowest BCUT2D eigenvalue weighted by molar-refractivity contribution is 0.0505. The fourth-order valence-corrected chi connectivity index (χ4v) is 2.06. The minimum absolute atomic E-state index is 0.140. The van der Waals surface area contributed by atoms with Crippen LogP contribution in [0.3, 0.4) is 0 Å². The summed E-state index contributed by atoms with van der Waals surface area (Å²) in [6.07, 6.45) is 2.34. The van der Waals surface area contributed by atoms with Crippen LogP contribution in [0, 0.1) is 5.92 Å². The molecule has 2 atom stereocenters. The summed E-state index contributed by atoms with van der Waals surface area (Å²) in [5, 5.41) is 2.84. The van der Waals surface area contributed by atoms with Gasteiger partial charge in [0.1, 0.15) is 5.60 Å². The first-order valence-electron chi connectivity index (χ1n) is 5.57. The van der Waals surface area contributed by atoms with Crippen LogP contribution < -0.4 is 11.1 Å². The van der Waals surface area contributed by atoms with Crippen molar-refractivity contribution in [2.24, 2.45) is 11.7 Å². The van der Waals surface area contributed by atoms with Gasteiger partial charge in [0.2, 0.25) is 0 Å². The highest BCUT2D eigenvalue weighted by Gasteiger charge is 2.28. The van der Waals surface area contributed by atoms with Crippen LogP contribution in [-0.4, -0.2) is 22.7 Å². The van der Waals surface area contributed by atoms with Gasteiger partial charge >= 0.3 is 6.09 Å². The Hall–Kier alpha value is -0.840. The molecular weight excluding hydrogens is 224 g/mol. The average molecular weight is 244 g/mol. The first-order chi connectivity index (χ1) is 7.28. The molecule has 3 N–H and O–H groups in total. The zero-order valence-electron chi connectivity index (χ0n) is 10.1. The van der Waals surface area contributed by atoms with Crippen LogP contribution in [-0.2, 0) is 4.74 Å². The molecule has 0 aromatic carbocycles. The number of carbonyl (C=O) groups is 1. The molecule has 4 nitrogen and oxygen atoms in total. The van der Waals surface area contributed by atoms with E-state index in [-0.39, 0.29) is 18.1 Å². The van der Waals surface area contributed by atoms with E-state index in [1.165, 1.54) is 0 Å². The van der Waals surface area contributed by atoms with Gasteiger partial charge in [-0.3, -0.25) is 0 Å². The molecule has 1 aliphatic rings. The average Bonchev–Trinajstić information content (AvgIpc) is 2.48. The van der Waals surface area contributed by atoms with Crippen LogP contribution in [0.4, 0.5) is 4.79 Å². The second-order valence-corrected chi connectivity index (χ2v) is 5.73. The summed E-state index contributed by atoms with van der Waals surface area (Å²) in [5.41, 5.74) is 5.13. The molecule has 0 aromatic rings. The molecule has 0 saturated heterocycles. The highest BCUT2D eigenvalue weighted by Crippen LogP contribution is 2.25. The lowest BCUT2D eigenvalue weighted by Crippen LogP contribution is -2.38. The molecule has 0 spiro atoms. The van der Waals surface area contributed by atoms with Crippen molar-refractivity contribution in [3.8, 4) is 0 Å². The quantitative estimate of drug-likeness (QED) is 0.729. The number of alkyl carbamates (subject to hydrolysis) is 1. The number of carbonyl (C=O) groups excluding carboxylic acids is 1. The number of hydrogen-bond donors (Lipinski definition) is 2. The third-order valence-corrected chi connectivity index (χ3v) is 2.89. The fraction of sp³-hybridized carbons (Fsp3) is 0.818. The number of nitrogens with two attached hydrogens (primary N) is 1. The minimum Gasteiger partial charge on any atom is -0.444 e. The van der Waals surface area contributed by atoms with Gasteiger partial charge in [-0.15, -0.1) is 0 Å². The Morgan fingerprint density at radius 3 is 2.50 bits per heavy atom.